The fourth-order valence-electron chi connectivity index (χ4n) is 4.95. The Morgan fingerprint density at radius 3 is 2.60 bits per heavy atom. The van der Waals surface area contributed by atoms with Gasteiger partial charge in [-0.2, -0.15) is 0 Å². The maximum absolute atomic E-state index is 13.4. The minimum Gasteiger partial charge on any atom is -0.493 e. The molecule has 4 rings (SSSR count). The molecule has 0 unspecified atom stereocenters. The van der Waals surface area contributed by atoms with Gasteiger partial charge in [-0.05, 0) is 43.0 Å². The number of hydrogen-bond acceptors (Lipinski definition) is 8. The van der Waals surface area contributed by atoms with Crippen LogP contribution in [0.5, 0.6) is 5.75 Å². The number of hydrogen-bond donors (Lipinski definition) is 5. The summed E-state index contributed by atoms with van der Waals surface area (Å²) in [7, 11) is 0. The maximum atomic E-state index is 13.4. The fraction of sp³-hybridized carbons (Fsp3) is 0.484. The molecule has 3 atom stereocenters. The topological polar surface area (TPSA) is 158 Å². The molecule has 5 N–H and O–H groups in total. The summed E-state index contributed by atoms with van der Waals surface area (Å²) in [6.45, 7) is 6.06. The molecule has 0 saturated carbocycles. The summed E-state index contributed by atoms with van der Waals surface area (Å²) in [5.41, 5.74) is 2.28. The summed E-state index contributed by atoms with van der Waals surface area (Å²) in [4.78, 5) is 54.4. The Hall–Kier alpha value is -4.00. The zero-order chi connectivity index (χ0) is 30.6. The molecule has 0 aliphatic carbocycles. The summed E-state index contributed by atoms with van der Waals surface area (Å²) in [6.07, 6.45) is -0.899. The third-order valence-corrected chi connectivity index (χ3v) is 7.34. The van der Waals surface area contributed by atoms with Crippen LogP contribution in [0.3, 0.4) is 0 Å². The molecule has 43 heavy (non-hydrogen) atoms. The van der Waals surface area contributed by atoms with Crippen molar-refractivity contribution in [3.8, 4) is 5.75 Å². The first-order valence-electron chi connectivity index (χ1n) is 14.7. The van der Waals surface area contributed by atoms with Crippen LogP contribution in [0.25, 0.3) is 0 Å². The third-order valence-electron chi connectivity index (χ3n) is 7.34. The molecule has 0 radical (unpaired) electrons. The average molecular weight is 596 g/mol. The van der Waals surface area contributed by atoms with E-state index in [9.17, 15) is 24.3 Å². The molecule has 232 valence electrons. The van der Waals surface area contributed by atoms with Gasteiger partial charge in [-0.25, -0.2) is 0 Å². The van der Waals surface area contributed by atoms with Crippen LogP contribution in [0, 0.1) is 0 Å². The highest BCUT2D eigenvalue weighted by Crippen LogP contribution is 2.19. The first kappa shape index (κ1) is 31.9. The highest BCUT2D eigenvalue weighted by molar-refractivity contribution is 5.99. The van der Waals surface area contributed by atoms with Gasteiger partial charge in [-0.3, -0.25) is 24.1 Å². The fourth-order valence-corrected chi connectivity index (χ4v) is 4.95. The highest BCUT2D eigenvalue weighted by Gasteiger charge is 2.28. The Balaban J connectivity index is 1.47. The highest BCUT2D eigenvalue weighted by atomic mass is 16.5. The molecule has 2 aliphatic heterocycles. The van der Waals surface area contributed by atoms with Gasteiger partial charge >= 0.3 is 0 Å². The normalized spacial score (nSPS) is 21.8. The summed E-state index contributed by atoms with van der Waals surface area (Å²) < 4.78 is 11.2. The number of aliphatic hydroxyl groups excluding tert-OH is 1. The number of aliphatic hydroxyl groups is 1. The van der Waals surface area contributed by atoms with E-state index in [0.29, 0.717) is 25.4 Å². The third kappa shape index (κ3) is 9.77. The van der Waals surface area contributed by atoms with E-state index in [1.165, 1.54) is 6.92 Å². The number of carbonyl (C=O) groups is 4. The van der Waals surface area contributed by atoms with Crippen molar-refractivity contribution in [1.29, 1.82) is 0 Å². The molecular weight excluding hydrogens is 554 g/mol. The van der Waals surface area contributed by atoms with Crippen LogP contribution in [-0.4, -0.2) is 91.3 Å². The predicted molar refractivity (Wildman–Crippen MR) is 158 cm³/mol. The number of morpholine rings is 1. The second kappa shape index (κ2) is 16.0. The van der Waals surface area contributed by atoms with E-state index in [4.69, 9.17) is 9.47 Å². The number of rotatable bonds is 6. The van der Waals surface area contributed by atoms with Crippen LogP contribution in [0.4, 0.5) is 0 Å². The largest absolute Gasteiger partial charge is 0.493 e. The van der Waals surface area contributed by atoms with Crippen LogP contribution in [0.15, 0.2) is 48.5 Å². The first-order chi connectivity index (χ1) is 20.8. The lowest BCUT2D eigenvalue weighted by molar-refractivity contribution is -0.132. The number of nitrogens with one attached hydrogen (secondary N) is 4. The minimum atomic E-state index is -1.16. The Labute approximate surface area is 251 Å². The Morgan fingerprint density at radius 1 is 1.05 bits per heavy atom. The zero-order valence-corrected chi connectivity index (χ0v) is 24.5. The van der Waals surface area contributed by atoms with Gasteiger partial charge in [0, 0.05) is 39.1 Å². The van der Waals surface area contributed by atoms with Crippen molar-refractivity contribution in [1.82, 2.24) is 26.2 Å². The predicted octanol–water partition coefficient (Wildman–Crippen LogP) is 0.478. The molecular formula is C31H41N5O7. The van der Waals surface area contributed by atoms with Crippen molar-refractivity contribution in [3.05, 3.63) is 65.2 Å². The average Bonchev–Trinajstić information content (AvgIpc) is 3.00. The van der Waals surface area contributed by atoms with E-state index < -0.39 is 41.8 Å². The Kier molecular flexibility index (Phi) is 11.9. The van der Waals surface area contributed by atoms with Gasteiger partial charge in [0.25, 0.3) is 5.91 Å². The van der Waals surface area contributed by atoms with Gasteiger partial charge in [-0.1, -0.05) is 36.4 Å². The maximum Gasteiger partial charge on any atom is 0.255 e. The standard InChI is InChI=1S/C31H41N5O7/c1-21(37)28-31(41)32-12-5-15-43-26-9-3-2-8-24(26)29(39)34-25(10-11-27(38)35-28)30(40)33-19-22-6-4-7-23(18-22)20-36-13-16-42-17-14-36/h2-4,6-9,18,21,25,28,37H,5,10-17,19-20H2,1H3,(H,32,41)(H,33,40)(H,34,39)(H,35,38)/t21-,25+,28+/m1/s1. The van der Waals surface area contributed by atoms with E-state index in [0.717, 1.165) is 30.8 Å². The number of nitrogens with zero attached hydrogens (tertiary/aromatic N) is 1. The van der Waals surface area contributed by atoms with Gasteiger partial charge in [0.2, 0.25) is 17.7 Å². The molecule has 2 aromatic rings. The molecule has 2 aliphatic rings. The van der Waals surface area contributed by atoms with Crippen LogP contribution >= 0.6 is 0 Å². The van der Waals surface area contributed by atoms with E-state index in [2.05, 4.69) is 26.2 Å². The van der Waals surface area contributed by atoms with Gasteiger partial charge in [-0.15, -0.1) is 0 Å². The lowest BCUT2D eigenvalue weighted by atomic mass is 10.1. The summed E-state index contributed by atoms with van der Waals surface area (Å²) >= 11 is 0. The second-order valence-corrected chi connectivity index (χ2v) is 10.8. The summed E-state index contributed by atoms with van der Waals surface area (Å²) in [5.74, 6) is -1.67. The van der Waals surface area contributed by atoms with Crippen molar-refractivity contribution in [2.75, 3.05) is 39.5 Å². The summed E-state index contributed by atoms with van der Waals surface area (Å²) in [6, 6.07) is 12.4. The van der Waals surface area contributed by atoms with Crippen molar-refractivity contribution < 1.29 is 33.8 Å². The molecule has 1 fully saturated rings. The van der Waals surface area contributed by atoms with Gasteiger partial charge < -0.3 is 35.8 Å². The number of ether oxygens (including phenoxy) is 2. The van der Waals surface area contributed by atoms with Crippen LogP contribution in [0.2, 0.25) is 0 Å². The molecule has 0 aromatic heterocycles. The lowest BCUT2D eigenvalue weighted by Gasteiger charge is -2.26. The molecule has 12 nitrogen and oxygen atoms in total. The number of carbonyl (C=O) groups excluding carboxylic acids is 4. The molecule has 0 bridgehead atoms. The number of amides is 4. The SMILES string of the molecule is C[C@@H](O)[C@@H]1NC(=O)CC[C@@H](C(=O)NCc2cccc(CN3CCOCC3)c2)NC(=O)c2ccccc2OCCCNC1=O. The minimum absolute atomic E-state index is 0.0301. The Bertz CT molecular complexity index is 1260. The number of benzene rings is 2. The van der Waals surface area contributed by atoms with Crippen LogP contribution < -0.4 is 26.0 Å². The molecule has 4 amide bonds. The van der Waals surface area contributed by atoms with Crippen LogP contribution in [0.1, 0.15) is 47.7 Å². The van der Waals surface area contributed by atoms with Crippen molar-refractivity contribution in [2.45, 2.75) is 57.5 Å². The van der Waals surface area contributed by atoms with E-state index >= 15 is 0 Å². The molecule has 2 aromatic carbocycles. The van der Waals surface area contributed by atoms with E-state index in [1.54, 1.807) is 24.3 Å². The first-order valence-corrected chi connectivity index (χ1v) is 14.7. The number of para-hydroxylation sites is 1. The molecule has 12 heteroatoms. The van der Waals surface area contributed by atoms with Crippen molar-refractivity contribution in [2.24, 2.45) is 0 Å². The molecule has 0 spiro atoms. The molecule has 1 saturated heterocycles. The summed E-state index contributed by atoms with van der Waals surface area (Å²) in [5, 5.41) is 21.0. The van der Waals surface area contributed by atoms with Crippen LogP contribution in [-0.2, 0) is 32.2 Å². The molecule has 2 heterocycles. The second-order valence-electron chi connectivity index (χ2n) is 10.8. The van der Waals surface area contributed by atoms with Crippen molar-refractivity contribution >= 4 is 23.6 Å². The zero-order valence-electron chi connectivity index (χ0n) is 24.5. The van der Waals surface area contributed by atoms with Gasteiger partial charge in [0.05, 0.1) is 31.5 Å². The van der Waals surface area contributed by atoms with Gasteiger partial charge in [0.1, 0.15) is 17.8 Å². The van der Waals surface area contributed by atoms with Gasteiger partial charge in [0.15, 0.2) is 0 Å². The van der Waals surface area contributed by atoms with Crippen molar-refractivity contribution in [3.63, 3.8) is 0 Å². The lowest BCUT2D eigenvalue weighted by Crippen LogP contribution is -2.53. The number of fused-ring (bicyclic) bond motifs is 1. The monoisotopic (exact) mass is 595 g/mol. The smallest absolute Gasteiger partial charge is 0.255 e. The quantitative estimate of drug-likeness (QED) is 0.323. The van der Waals surface area contributed by atoms with E-state index in [1.807, 2.05) is 24.3 Å². The Morgan fingerprint density at radius 2 is 1.81 bits per heavy atom. The van der Waals surface area contributed by atoms with E-state index in [-0.39, 0.29) is 38.1 Å².